The van der Waals surface area contributed by atoms with E-state index in [2.05, 4.69) is 59.9 Å². The van der Waals surface area contributed by atoms with Gasteiger partial charge >= 0.3 is 0 Å². The second-order valence-electron chi connectivity index (χ2n) is 6.27. The fourth-order valence-electron chi connectivity index (χ4n) is 3.97. The third-order valence-electron chi connectivity index (χ3n) is 5.00. The topological polar surface area (TPSA) is 12.0 Å². The monoisotopic (exact) mass is 263 g/mol. The summed E-state index contributed by atoms with van der Waals surface area (Å²) >= 11 is 0. The molecular formula is C19H21N. The molecule has 1 aliphatic carbocycles. The van der Waals surface area contributed by atoms with Crippen LogP contribution in [0.4, 0.5) is 0 Å². The van der Waals surface area contributed by atoms with Gasteiger partial charge in [0.25, 0.3) is 0 Å². The Morgan fingerprint density at radius 1 is 0.750 bits per heavy atom. The molecule has 3 atom stereocenters. The maximum atomic E-state index is 3.91. The standard InChI is InChI=1S/C19H21N/c1-2-6-14(7-3-1)19-17-10-11-18(20-19)13-16-9-5-4-8-15(16)12-17/h1-9,17-20H,10-13H2/t17?,18?,19-/m1/s1. The molecule has 1 saturated heterocycles. The number of piperidine rings is 1. The summed E-state index contributed by atoms with van der Waals surface area (Å²) in [5, 5.41) is 3.91. The first-order valence-electron chi connectivity index (χ1n) is 7.78. The molecule has 1 nitrogen and oxygen atoms in total. The minimum absolute atomic E-state index is 0.531. The van der Waals surface area contributed by atoms with Gasteiger partial charge in [-0.2, -0.15) is 0 Å². The summed E-state index contributed by atoms with van der Waals surface area (Å²) < 4.78 is 0. The zero-order valence-electron chi connectivity index (χ0n) is 11.8. The number of hydrogen-bond donors (Lipinski definition) is 1. The van der Waals surface area contributed by atoms with Crippen LogP contribution in [0.15, 0.2) is 54.6 Å². The van der Waals surface area contributed by atoms with Gasteiger partial charge in [0.2, 0.25) is 0 Å². The lowest BCUT2D eigenvalue weighted by atomic mass is 9.75. The normalized spacial score (nSPS) is 28.5. The lowest BCUT2D eigenvalue weighted by Crippen LogP contribution is -2.45. The van der Waals surface area contributed by atoms with Crippen LogP contribution < -0.4 is 5.32 Å². The first-order chi connectivity index (χ1) is 9.90. The van der Waals surface area contributed by atoms with Crippen molar-refractivity contribution in [3.63, 3.8) is 0 Å². The average molecular weight is 263 g/mol. The molecular weight excluding hydrogens is 242 g/mol. The summed E-state index contributed by atoms with van der Waals surface area (Å²) in [6, 6.07) is 21.2. The van der Waals surface area contributed by atoms with E-state index in [1.165, 1.54) is 31.2 Å². The maximum Gasteiger partial charge on any atom is 0.0354 e. The van der Waals surface area contributed by atoms with Crippen LogP contribution in [-0.2, 0) is 12.8 Å². The van der Waals surface area contributed by atoms with E-state index in [4.69, 9.17) is 0 Å². The summed E-state index contributed by atoms with van der Waals surface area (Å²) in [5.41, 5.74) is 4.59. The smallest absolute Gasteiger partial charge is 0.0354 e. The third-order valence-corrected chi connectivity index (χ3v) is 5.00. The Hall–Kier alpha value is -1.60. The minimum atomic E-state index is 0.531. The van der Waals surface area contributed by atoms with E-state index in [1.807, 2.05) is 0 Å². The van der Waals surface area contributed by atoms with Gasteiger partial charge in [-0.25, -0.2) is 0 Å². The highest BCUT2D eigenvalue weighted by Crippen LogP contribution is 2.37. The number of rotatable bonds is 1. The lowest BCUT2D eigenvalue weighted by Gasteiger charge is -2.41. The van der Waals surface area contributed by atoms with Gasteiger partial charge in [0, 0.05) is 12.1 Å². The highest BCUT2D eigenvalue weighted by atomic mass is 15.0. The van der Waals surface area contributed by atoms with Gasteiger partial charge in [-0.15, -0.1) is 0 Å². The summed E-state index contributed by atoms with van der Waals surface area (Å²) in [6.45, 7) is 0. The van der Waals surface area contributed by atoms with E-state index in [1.54, 1.807) is 11.1 Å². The van der Waals surface area contributed by atoms with Crippen molar-refractivity contribution in [2.24, 2.45) is 5.92 Å². The van der Waals surface area contributed by atoms with Crippen molar-refractivity contribution in [2.75, 3.05) is 0 Å². The summed E-state index contributed by atoms with van der Waals surface area (Å²) in [7, 11) is 0. The predicted molar refractivity (Wildman–Crippen MR) is 82.7 cm³/mol. The van der Waals surface area contributed by atoms with Crippen LogP contribution in [0.1, 0.15) is 35.6 Å². The largest absolute Gasteiger partial charge is 0.307 e. The molecule has 0 radical (unpaired) electrons. The molecule has 2 unspecified atom stereocenters. The van der Waals surface area contributed by atoms with Crippen molar-refractivity contribution in [2.45, 2.75) is 37.8 Å². The van der Waals surface area contributed by atoms with E-state index < -0.39 is 0 Å². The Morgan fingerprint density at radius 2 is 1.45 bits per heavy atom. The Morgan fingerprint density at radius 3 is 2.25 bits per heavy atom. The first-order valence-corrected chi connectivity index (χ1v) is 7.78. The van der Waals surface area contributed by atoms with Crippen molar-refractivity contribution >= 4 is 0 Å². The van der Waals surface area contributed by atoms with Gasteiger partial charge in [-0.05, 0) is 48.3 Å². The van der Waals surface area contributed by atoms with Gasteiger partial charge < -0.3 is 5.32 Å². The van der Waals surface area contributed by atoms with Crippen molar-refractivity contribution < 1.29 is 0 Å². The molecule has 0 spiro atoms. The SMILES string of the molecule is c1ccc([C@H]2NC3CCC2Cc2ccccc2C3)cc1. The molecule has 2 bridgehead atoms. The van der Waals surface area contributed by atoms with Crippen LogP contribution in [0.3, 0.4) is 0 Å². The molecule has 2 heterocycles. The van der Waals surface area contributed by atoms with Crippen LogP contribution >= 0.6 is 0 Å². The van der Waals surface area contributed by atoms with Crippen molar-refractivity contribution in [3.05, 3.63) is 71.3 Å². The quantitative estimate of drug-likeness (QED) is 0.823. The lowest BCUT2D eigenvalue weighted by molar-refractivity contribution is 0.221. The van der Waals surface area contributed by atoms with E-state index in [0.29, 0.717) is 12.1 Å². The van der Waals surface area contributed by atoms with E-state index in [-0.39, 0.29) is 0 Å². The van der Waals surface area contributed by atoms with Gasteiger partial charge in [0.15, 0.2) is 0 Å². The fourth-order valence-corrected chi connectivity index (χ4v) is 3.97. The van der Waals surface area contributed by atoms with E-state index in [9.17, 15) is 0 Å². The summed E-state index contributed by atoms with van der Waals surface area (Å²) in [6.07, 6.45) is 5.08. The number of hydrogen-bond acceptors (Lipinski definition) is 1. The van der Waals surface area contributed by atoms with Crippen LogP contribution in [0, 0.1) is 5.92 Å². The predicted octanol–water partition coefficient (Wildman–Crippen LogP) is 3.89. The van der Waals surface area contributed by atoms with Crippen molar-refractivity contribution in [1.29, 1.82) is 0 Å². The van der Waals surface area contributed by atoms with Crippen molar-refractivity contribution in [1.82, 2.24) is 5.32 Å². The third kappa shape index (κ3) is 2.16. The molecule has 1 N–H and O–H groups in total. The highest BCUT2D eigenvalue weighted by molar-refractivity contribution is 5.31. The van der Waals surface area contributed by atoms with Crippen LogP contribution in [-0.4, -0.2) is 6.04 Å². The molecule has 0 saturated carbocycles. The molecule has 2 aromatic carbocycles. The maximum absolute atomic E-state index is 3.91. The molecule has 5 rings (SSSR count). The zero-order valence-corrected chi connectivity index (χ0v) is 11.8. The highest BCUT2D eigenvalue weighted by Gasteiger charge is 2.33. The molecule has 1 fully saturated rings. The van der Waals surface area contributed by atoms with E-state index in [0.717, 1.165) is 5.92 Å². The number of benzene rings is 2. The van der Waals surface area contributed by atoms with Crippen LogP contribution in [0.2, 0.25) is 0 Å². The molecule has 102 valence electrons. The molecule has 2 aromatic rings. The van der Waals surface area contributed by atoms with Gasteiger partial charge in [0.1, 0.15) is 0 Å². The molecule has 20 heavy (non-hydrogen) atoms. The molecule has 3 aliphatic rings. The van der Waals surface area contributed by atoms with Crippen molar-refractivity contribution in [3.8, 4) is 0 Å². The Balaban J connectivity index is 1.70. The molecule has 0 aromatic heterocycles. The van der Waals surface area contributed by atoms with Crippen LogP contribution in [0.5, 0.6) is 0 Å². The van der Waals surface area contributed by atoms with Gasteiger partial charge in [-0.3, -0.25) is 0 Å². The Labute approximate surface area is 121 Å². The van der Waals surface area contributed by atoms with Gasteiger partial charge in [0.05, 0.1) is 0 Å². The van der Waals surface area contributed by atoms with Crippen LogP contribution in [0.25, 0.3) is 0 Å². The summed E-state index contributed by atoms with van der Waals surface area (Å²) in [4.78, 5) is 0. The molecule has 2 aliphatic heterocycles. The minimum Gasteiger partial charge on any atom is -0.307 e. The first kappa shape index (κ1) is 12.2. The molecule has 1 heteroatoms. The number of nitrogens with one attached hydrogen (secondary N) is 1. The zero-order chi connectivity index (χ0) is 13.4. The second kappa shape index (κ2) is 5.06. The van der Waals surface area contributed by atoms with E-state index >= 15 is 0 Å². The molecule has 0 amide bonds. The fraction of sp³-hybridized carbons (Fsp3) is 0.368. The summed E-state index contributed by atoms with van der Waals surface area (Å²) in [5.74, 6) is 0.732. The number of fused-ring (bicyclic) bond motifs is 2. The average Bonchev–Trinajstić information content (AvgIpc) is 2.48. The second-order valence-corrected chi connectivity index (χ2v) is 6.27. The Kier molecular flexibility index (Phi) is 3.08. The van der Waals surface area contributed by atoms with Gasteiger partial charge in [-0.1, -0.05) is 54.6 Å². The Bertz CT molecular complexity index is 590.